The highest BCUT2D eigenvalue weighted by atomic mass is 16.5. The van der Waals surface area contributed by atoms with Gasteiger partial charge in [0.25, 0.3) is 0 Å². The first-order valence-electron chi connectivity index (χ1n) is 4.32. The smallest absolute Gasteiger partial charge is 0.124 e. The van der Waals surface area contributed by atoms with E-state index in [1.54, 1.807) is 0 Å². The summed E-state index contributed by atoms with van der Waals surface area (Å²) in [6.45, 7) is -0.0811. The standard InChI is InChI=1S/C8H14O4/c9-3-7-8(11,5-1-2-5)6(10)4-12-7/h5-7,9-11H,1-4H2. The maximum atomic E-state index is 10.0. The van der Waals surface area contributed by atoms with Crippen molar-refractivity contribution in [3.63, 3.8) is 0 Å². The Balaban J connectivity index is 2.16. The molecule has 1 aliphatic carbocycles. The zero-order valence-corrected chi connectivity index (χ0v) is 6.81. The fraction of sp³-hybridized carbons (Fsp3) is 1.00. The molecular weight excluding hydrogens is 160 g/mol. The molecule has 1 saturated heterocycles. The molecule has 0 amide bonds. The average Bonchev–Trinajstić information content (AvgIpc) is 2.83. The SMILES string of the molecule is OCC1OCC(O)C1(O)C1CC1. The van der Waals surface area contributed by atoms with Gasteiger partial charge in [0.05, 0.1) is 13.2 Å². The van der Waals surface area contributed by atoms with E-state index in [4.69, 9.17) is 9.84 Å². The second-order valence-electron chi connectivity index (χ2n) is 3.68. The first kappa shape index (κ1) is 8.44. The van der Waals surface area contributed by atoms with Gasteiger partial charge in [-0.2, -0.15) is 0 Å². The van der Waals surface area contributed by atoms with Crippen LogP contribution in [0.4, 0.5) is 0 Å². The first-order chi connectivity index (χ1) is 5.69. The Kier molecular flexibility index (Phi) is 1.88. The van der Waals surface area contributed by atoms with Crippen molar-refractivity contribution in [2.45, 2.75) is 30.7 Å². The Labute approximate surface area is 70.8 Å². The van der Waals surface area contributed by atoms with Crippen molar-refractivity contribution < 1.29 is 20.1 Å². The molecule has 4 nitrogen and oxygen atoms in total. The van der Waals surface area contributed by atoms with Gasteiger partial charge in [-0.3, -0.25) is 0 Å². The Morgan fingerprint density at radius 3 is 2.58 bits per heavy atom. The second kappa shape index (κ2) is 2.67. The van der Waals surface area contributed by atoms with E-state index in [0.717, 1.165) is 12.8 Å². The molecule has 70 valence electrons. The average molecular weight is 174 g/mol. The molecule has 0 aromatic rings. The summed E-state index contributed by atoms with van der Waals surface area (Å²) in [5, 5.41) is 28.4. The molecule has 3 atom stereocenters. The predicted octanol–water partition coefficient (Wildman–Crippen LogP) is -1.12. The van der Waals surface area contributed by atoms with Crippen LogP contribution in [0.15, 0.2) is 0 Å². The monoisotopic (exact) mass is 174 g/mol. The Bertz CT molecular complexity index is 180. The predicted molar refractivity (Wildman–Crippen MR) is 40.5 cm³/mol. The molecule has 2 fully saturated rings. The fourth-order valence-corrected chi connectivity index (χ4v) is 1.97. The van der Waals surface area contributed by atoms with E-state index in [2.05, 4.69) is 0 Å². The van der Waals surface area contributed by atoms with Crippen LogP contribution in [0.25, 0.3) is 0 Å². The summed E-state index contributed by atoms with van der Waals surface area (Å²) in [5.41, 5.74) is -1.19. The summed E-state index contributed by atoms with van der Waals surface area (Å²) in [4.78, 5) is 0. The summed E-state index contributed by atoms with van der Waals surface area (Å²) in [5.74, 6) is 0.118. The lowest BCUT2D eigenvalue weighted by molar-refractivity contribution is -0.107. The molecule has 3 unspecified atom stereocenters. The summed E-state index contributed by atoms with van der Waals surface area (Å²) in [6.07, 6.45) is 0.419. The zero-order valence-electron chi connectivity index (χ0n) is 6.81. The van der Waals surface area contributed by atoms with Crippen LogP contribution in [0.1, 0.15) is 12.8 Å². The lowest BCUT2D eigenvalue weighted by Gasteiger charge is -2.29. The number of ether oxygens (including phenoxy) is 1. The van der Waals surface area contributed by atoms with Gasteiger partial charge >= 0.3 is 0 Å². The summed E-state index contributed by atoms with van der Waals surface area (Å²) in [7, 11) is 0. The quantitative estimate of drug-likeness (QED) is 0.496. The van der Waals surface area contributed by atoms with E-state index in [1.165, 1.54) is 0 Å². The summed E-state index contributed by atoms with van der Waals surface area (Å²) < 4.78 is 5.08. The highest BCUT2D eigenvalue weighted by molar-refractivity contribution is 5.07. The molecule has 1 aliphatic heterocycles. The minimum atomic E-state index is -1.19. The molecule has 4 heteroatoms. The van der Waals surface area contributed by atoms with Gasteiger partial charge in [-0.1, -0.05) is 0 Å². The van der Waals surface area contributed by atoms with Gasteiger partial charge in [-0.15, -0.1) is 0 Å². The molecule has 0 aromatic carbocycles. The molecule has 0 bridgehead atoms. The van der Waals surface area contributed by atoms with Crippen LogP contribution >= 0.6 is 0 Å². The van der Waals surface area contributed by atoms with E-state index in [-0.39, 0.29) is 19.1 Å². The topological polar surface area (TPSA) is 69.9 Å². The minimum Gasteiger partial charge on any atom is -0.394 e. The maximum Gasteiger partial charge on any atom is 0.124 e. The molecule has 1 saturated carbocycles. The number of hydrogen-bond acceptors (Lipinski definition) is 4. The van der Waals surface area contributed by atoms with Gasteiger partial charge in [0, 0.05) is 0 Å². The van der Waals surface area contributed by atoms with E-state index in [0.29, 0.717) is 0 Å². The van der Waals surface area contributed by atoms with E-state index < -0.39 is 17.8 Å². The van der Waals surface area contributed by atoms with Gasteiger partial charge in [-0.05, 0) is 18.8 Å². The molecule has 0 aromatic heterocycles. The largest absolute Gasteiger partial charge is 0.394 e. The Morgan fingerprint density at radius 1 is 1.42 bits per heavy atom. The van der Waals surface area contributed by atoms with Crippen molar-refractivity contribution in [2.75, 3.05) is 13.2 Å². The summed E-state index contributed by atoms with van der Waals surface area (Å²) in [6, 6.07) is 0. The molecule has 12 heavy (non-hydrogen) atoms. The van der Waals surface area contributed by atoms with Crippen LogP contribution in [0.3, 0.4) is 0 Å². The van der Waals surface area contributed by atoms with Crippen molar-refractivity contribution in [1.29, 1.82) is 0 Å². The number of rotatable bonds is 2. The third kappa shape index (κ3) is 0.992. The Morgan fingerprint density at radius 2 is 2.08 bits per heavy atom. The fourth-order valence-electron chi connectivity index (χ4n) is 1.97. The van der Waals surface area contributed by atoms with Gasteiger partial charge < -0.3 is 20.1 Å². The molecular formula is C8H14O4. The lowest BCUT2D eigenvalue weighted by Crippen LogP contribution is -2.50. The van der Waals surface area contributed by atoms with Crippen LogP contribution in [0, 0.1) is 5.92 Å². The summed E-state index contributed by atoms with van der Waals surface area (Å²) >= 11 is 0. The van der Waals surface area contributed by atoms with Crippen molar-refractivity contribution in [2.24, 2.45) is 5.92 Å². The Hall–Kier alpha value is -0.160. The molecule has 2 aliphatic rings. The van der Waals surface area contributed by atoms with Crippen LogP contribution in [0.2, 0.25) is 0 Å². The molecule has 0 spiro atoms. The zero-order chi connectivity index (χ0) is 8.77. The highest BCUT2D eigenvalue weighted by Crippen LogP contribution is 2.46. The number of hydrogen-bond donors (Lipinski definition) is 3. The maximum absolute atomic E-state index is 10.0. The molecule has 2 rings (SSSR count). The highest BCUT2D eigenvalue weighted by Gasteiger charge is 2.58. The lowest BCUT2D eigenvalue weighted by atomic mass is 9.88. The molecule has 0 radical (unpaired) electrons. The van der Waals surface area contributed by atoms with Crippen molar-refractivity contribution >= 4 is 0 Å². The van der Waals surface area contributed by atoms with Crippen LogP contribution < -0.4 is 0 Å². The first-order valence-corrected chi connectivity index (χ1v) is 4.32. The second-order valence-corrected chi connectivity index (χ2v) is 3.68. The third-order valence-corrected chi connectivity index (χ3v) is 2.90. The van der Waals surface area contributed by atoms with Crippen molar-refractivity contribution in [3.8, 4) is 0 Å². The minimum absolute atomic E-state index is 0.118. The van der Waals surface area contributed by atoms with E-state index in [1.807, 2.05) is 0 Å². The number of aliphatic hydroxyl groups excluding tert-OH is 2. The van der Waals surface area contributed by atoms with Gasteiger partial charge in [0.15, 0.2) is 0 Å². The molecule has 1 heterocycles. The van der Waals surface area contributed by atoms with Crippen LogP contribution in [-0.4, -0.2) is 46.3 Å². The van der Waals surface area contributed by atoms with E-state index >= 15 is 0 Å². The molecule has 3 N–H and O–H groups in total. The third-order valence-electron chi connectivity index (χ3n) is 2.90. The van der Waals surface area contributed by atoms with Crippen LogP contribution in [0.5, 0.6) is 0 Å². The van der Waals surface area contributed by atoms with Crippen LogP contribution in [-0.2, 0) is 4.74 Å². The normalized spacial score (nSPS) is 48.2. The van der Waals surface area contributed by atoms with Gasteiger partial charge in [-0.25, -0.2) is 0 Å². The van der Waals surface area contributed by atoms with Gasteiger partial charge in [0.1, 0.15) is 17.8 Å². The van der Waals surface area contributed by atoms with E-state index in [9.17, 15) is 10.2 Å². The number of aliphatic hydroxyl groups is 3. The van der Waals surface area contributed by atoms with Gasteiger partial charge in [0.2, 0.25) is 0 Å². The van der Waals surface area contributed by atoms with Crippen molar-refractivity contribution in [3.05, 3.63) is 0 Å². The van der Waals surface area contributed by atoms with Crippen molar-refractivity contribution in [1.82, 2.24) is 0 Å².